The standard InChI is InChI=1S/C22H28N2O4S2/c1-3-15(25)17-20(26)24-18(22(27)29)19(30-21(17)24)13-10-11-23(12-13)16(4-2)28-14-8-6-5-7-9-14/h5-9,13,15-17,21,25H,3-4,10-12H2,1-2H3,(H,27,29)/t13?,15-,16?,17+,21+/m0/s1. The quantitative estimate of drug-likeness (QED) is 0.471. The lowest BCUT2D eigenvalue weighted by molar-refractivity contribution is -0.154. The Hall–Kier alpha value is -1.48. The summed E-state index contributed by atoms with van der Waals surface area (Å²) in [7, 11) is 0. The molecule has 0 saturated carbocycles. The molecule has 4 rings (SSSR count). The molecule has 3 aliphatic heterocycles. The third-order valence-electron chi connectivity index (χ3n) is 6.20. The van der Waals surface area contributed by atoms with Crippen molar-refractivity contribution >= 4 is 35.4 Å². The van der Waals surface area contributed by atoms with Crippen LogP contribution in [0.4, 0.5) is 0 Å². The van der Waals surface area contributed by atoms with E-state index in [-0.39, 0.29) is 28.5 Å². The van der Waals surface area contributed by atoms with Gasteiger partial charge in [-0.3, -0.25) is 19.4 Å². The first-order valence-electron chi connectivity index (χ1n) is 10.6. The summed E-state index contributed by atoms with van der Waals surface area (Å²) in [5.74, 6) is 0.400. The Bertz CT molecular complexity index is 847. The van der Waals surface area contributed by atoms with Gasteiger partial charge >= 0.3 is 0 Å². The van der Waals surface area contributed by atoms with Gasteiger partial charge in [-0.25, -0.2) is 0 Å². The molecule has 1 aromatic rings. The molecule has 2 fully saturated rings. The van der Waals surface area contributed by atoms with Gasteiger partial charge in [0.05, 0.1) is 12.0 Å². The lowest BCUT2D eigenvalue weighted by Gasteiger charge is -2.44. The van der Waals surface area contributed by atoms with E-state index in [2.05, 4.69) is 24.5 Å². The molecular formula is C22H28N2O4S2. The molecule has 3 heterocycles. The Kier molecular flexibility index (Phi) is 6.48. The number of likely N-dealkylation sites (tertiary alicyclic amines) is 1. The Labute approximate surface area is 187 Å². The number of hydrogen-bond donors (Lipinski definition) is 2. The van der Waals surface area contributed by atoms with E-state index in [0.29, 0.717) is 12.1 Å². The first-order chi connectivity index (χ1) is 14.5. The lowest BCUT2D eigenvalue weighted by Crippen LogP contribution is -2.61. The van der Waals surface area contributed by atoms with E-state index in [4.69, 9.17) is 4.74 Å². The Morgan fingerprint density at radius 1 is 1.30 bits per heavy atom. The molecule has 30 heavy (non-hydrogen) atoms. The zero-order valence-electron chi connectivity index (χ0n) is 17.2. The maximum Gasteiger partial charge on any atom is 0.236 e. The number of β-lactam (4-membered cyclic amide) rings is 1. The zero-order chi connectivity index (χ0) is 21.4. The van der Waals surface area contributed by atoms with Crippen molar-refractivity contribution in [1.82, 2.24) is 9.80 Å². The number of carbonyl (C=O) groups excluding carboxylic acids is 2. The Morgan fingerprint density at radius 2 is 2.03 bits per heavy atom. The number of aliphatic hydroxyl groups is 1. The van der Waals surface area contributed by atoms with Crippen molar-refractivity contribution in [3.8, 4) is 5.75 Å². The fourth-order valence-electron chi connectivity index (χ4n) is 4.60. The predicted molar refractivity (Wildman–Crippen MR) is 120 cm³/mol. The number of benzene rings is 1. The molecule has 0 radical (unpaired) electrons. The number of ether oxygens (including phenoxy) is 1. The van der Waals surface area contributed by atoms with Crippen LogP contribution in [0.3, 0.4) is 0 Å². The number of amides is 1. The van der Waals surface area contributed by atoms with Gasteiger partial charge in [-0.15, -0.1) is 11.8 Å². The fourth-order valence-corrected chi connectivity index (χ4v) is 6.61. The van der Waals surface area contributed by atoms with Gasteiger partial charge in [-0.2, -0.15) is 0 Å². The SMILES string of the molecule is CCC(Oc1ccccc1)N1CCC(C2=C(C(=O)S)N3C(=O)[C@@H]([C@@H](O)CC)[C@H]3S2)C1. The Balaban J connectivity index is 1.49. The highest BCUT2D eigenvalue weighted by atomic mass is 32.2. The van der Waals surface area contributed by atoms with Crippen molar-refractivity contribution in [2.75, 3.05) is 13.1 Å². The zero-order valence-corrected chi connectivity index (χ0v) is 18.9. The number of nitrogens with zero attached hydrogens (tertiary/aromatic N) is 2. The fraction of sp³-hybridized carbons (Fsp3) is 0.545. The van der Waals surface area contributed by atoms with Gasteiger partial charge in [0, 0.05) is 23.9 Å². The first kappa shape index (κ1) is 21.7. The van der Waals surface area contributed by atoms with E-state index in [9.17, 15) is 14.7 Å². The number of thiol groups is 1. The number of hydrogen-bond acceptors (Lipinski definition) is 6. The second-order valence-corrected chi connectivity index (χ2v) is 9.58. The highest BCUT2D eigenvalue weighted by molar-refractivity contribution is 8.04. The van der Waals surface area contributed by atoms with Gasteiger partial charge in [0.25, 0.3) is 0 Å². The van der Waals surface area contributed by atoms with Crippen LogP contribution >= 0.6 is 24.4 Å². The van der Waals surface area contributed by atoms with E-state index < -0.39 is 12.0 Å². The van der Waals surface area contributed by atoms with E-state index >= 15 is 0 Å². The molecule has 6 nitrogen and oxygen atoms in total. The van der Waals surface area contributed by atoms with Crippen LogP contribution in [-0.2, 0) is 9.59 Å². The molecule has 8 heteroatoms. The van der Waals surface area contributed by atoms with Crippen LogP contribution in [-0.4, -0.2) is 56.7 Å². The molecule has 5 atom stereocenters. The number of para-hydroxylation sites is 1. The van der Waals surface area contributed by atoms with Crippen molar-refractivity contribution in [1.29, 1.82) is 0 Å². The van der Waals surface area contributed by atoms with Gasteiger partial charge in [0.1, 0.15) is 16.8 Å². The van der Waals surface area contributed by atoms with Crippen molar-refractivity contribution in [2.45, 2.75) is 50.8 Å². The van der Waals surface area contributed by atoms with E-state index in [1.54, 1.807) is 16.7 Å². The molecule has 162 valence electrons. The predicted octanol–water partition coefficient (Wildman–Crippen LogP) is 3.09. The van der Waals surface area contributed by atoms with Gasteiger partial charge in [0.15, 0.2) is 6.23 Å². The molecule has 2 saturated heterocycles. The molecule has 1 amide bonds. The summed E-state index contributed by atoms with van der Waals surface area (Å²) in [5.41, 5.74) is 0.418. The lowest BCUT2D eigenvalue weighted by atomic mass is 9.89. The molecule has 0 spiro atoms. The van der Waals surface area contributed by atoms with Crippen molar-refractivity contribution in [2.24, 2.45) is 11.8 Å². The summed E-state index contributed by atoms with van der Waals surface area (Å²) in [6, 6.07) is 9.80. The van der Waals surface area contributed by atoms with Crippen LogP contribution in [0.15, 0.2) is 40.9 Å². The average Bonchev–Trinajstić information content (AvgIpc) is 3.35. The molecule has 2 unspecified atom stereocenters. The minimum absolute atomic E-state index is 0.0344. The van der Waals surface area contributed by atoms with E-state index in [1.165, 1.54) is 0 Å². The van der Waals surface area contributed by atoms with Crippen LogP contribution in [0.2, 0.25) is 0 Å². The summed E-state index contributed by atoms with van der Waals surface area (Å²) in [6.45, 7) is 5.61. The summed E-state index contributed by atoms with van der Waals surface area (Å²) in [6.07, 6.45) is 1.56. The van der Waals surface area contributed by atoms with Crippen LogP contribution in [0.5, 0.6) is 5.75 Å². The van der Waals surface area contributed by atoms with Crippen LogP contribution in [0.25, 0.3) is 0 Å². The first-order valence-corrected chi connectivity index (χ1v) is 11.9. The van der Waals surface area contributed by atoms with Crippen LogP contribution in [0, 0.1) is 11.8 Å². The summed E-state index contributed by atoms with van der Waals surface area (Å²) in [4.78, 5) is 29.8. The number of carbonyl (C=O) groups is 2. The van der Waals surface area contributed by atoms with Crippen LogP contribution in [0.1, 0.15) is 33.1 Å². The summed E-state index contributed by atoms with van der Waals surface area (Å²) >= 11 is 5.63. The second kappa shape index (κ2) is 8.94. The normalized spacial score (nSPS) is 28.3. The molecule has 0 aromatic heterocycles. The van der Waals surface area contributed by atoms with Crippen molar-refractivity contribution in [3.63, 3.8) is 0 Å². The molecular weight excluding hydrogens is 420 g/mol. The van der Waals surface area contributed by atoms with Gasteiger partial charge < -0.3 is 9.84 Å². The number of aliphatic hydroxyl groups excluding tert-OH is 1. The highest BCUT2D eigenvalue weighted by Gasteiger charge is 2.58. The molecule has 1 aromatic carbocycles. The topological polar surface area (TPSA) is 70.1 Å². The van der Waals surface area contributed by atoms with Crippen molar-refractivity contribution < 1.29 is 19.4 Å². The molecule has 0 bridgehead atoms. The van der Waals surface area contributed by atoms with E-state index in [0.717, 1.165) is 36.6 Å². The summed E-state index contributed by atoms with van der Waals surface area (Å²) in [5, 5.41) is 9.69. The monoisotopic (exact) mass is 448 g/mol. The number of rotatable bonds is 8. The smallest absolute Gasteiger partial charge is 0.236 e. The second-order valence-electron chi connectivity index (χ2n) is 8.01. The minimum atomic E-state index is -0.675. The largest absolute Gasteiger partial charge is 0.475 e. The van der Waals surface area contributed by atoms with Crippen molar-refractivity contribution in [3.05, 3.63) is 40.9 Å². The maximum atomic E-state index is 12.6. The maximum absolute atomic E-state index is 12.6. The molecule has 1 N–H and O–H groups in total. The third-order valence-corrected chi connectivity index (χ3v) is 7.94. The van der Waals surface area contributed by atoms with Gasteiger partial charge in [0.2, 0.25) is 11.0 Å². The van der Waals surface area contributed by atoms with Gasteiger partial charge in [-0.05, 0) is 31.4 Å². The molecule has 3 aliphatic rings. The third kappa shape index (κ3) is 3.79. The van der Waals surface area contributed by atoms with Gasteiger partial charge in [-0.1, -0.05) is 44.7 Å². The number of thioether (sulfide) groups is 1. The Morgan fingerprint density at radius 3 is 2.67 bits per heavy atom. The highest BCUT2D eigenvalue weighted by Crippen LogP contribution is 2.54. The number of fused-ring (bicyclic) bond motifs is 1. The van der Waals surface area contributed by atoms with E-state index in [1.807, 2.05) is 37.3 Å². The average molecular weight is 449 g/mol. The molecule has 0 aliphatic carbocycles. The van der Waals surface area contributed by atoms with Crippen LogP contribution < -0.4 is 4.74 Å². The summed E-state index contributed by atoms with van der Waals surface area (Å²) < 4.78 is 6.19. The minimum Gasteiger partial charge on any atom is -0.475 e.